The highest BCUT2D eigenvalue weighted by molar-refractivity contribution is 5.86. The first-order chi connectivity index (χ1) is 9.11. The van der Waals surface area contributed by atoms with Crippen LogP contribution in [0.25, 0.3) is 0 Å². The molecule has 19 heavy (non-hydrogen) atoms. The van der Waals surface area contributed by atoms with Crippen LogP contribution in [0.4, 0.5) is 0 Å². The third kappa shape index (κ3) is 10.3. The highest BCUT2D eigenvalue weighted by atomic mass is 16.4. The summed E-state index contributed by atoms with van der Waals surface area (Å²) >= 11 is 0. The van der Waals surface area contributed by atoms with Gasteiger partial charge in [-0.05, 0) is 12.5 Å². The first-order valence-electron chi connectivity index (χ1n) is 7.02. The molecule has 0 spiro atoms. The fraction of sp³-hybridized carbons (Fsp3) is 0.714. The maximum absolute atomic E-state index is 11.0. The lowest BCUT2D eigenvalue weighted by Gasteiger charge is -2.14. The number of carboxylic acids is 1. The van der Waals surface area contributed by atoms with Crippen LogP contribution in [0.15, 0.2) is 12.7 Å². The van der Waals surface area contributed by atoms with Crippen molar-refractivity contribution in [3.63, 3.8) is 0 Å². The Hall–Kier alpha value is -1.36. The van der Waals surface area contributed by atoms with Crippen LogP contribution >= 0.6 is 0 Å². The number of unbranched alkanes of at least 4 members (excludes halogenated alkanes) is 6. The molecule has 0 saturated heterocycles. The summed E-state index contributed by atoms with van der Waals surface area (Å²) in [5.41, 5.74) is 4.81. The summed E-state index contributed by atoms with van der Waals surface area (Å²) in [6, 6.07) is -0.737. The van der Waals surface area contributed by atoms with Gasteiger partial charge in [-0.1, -0.05) is 58.4 Å². The molecule has 0 saturated carbocycles. The molecule has 1 atom stereocenters. The number of carboxylic acid groups (broad SMARTS) is 1. The molecule has 0 heterocycles. The summed E-state index contributed by atoms with van der Waals surface area (Å²) in [6.45, 7) is 5.48. The Bertz CT molecular complexity index is 280. The summed E-state index contributed by atoms with van der Waals surface area (Å²) < 4.78 is 0. The molecule has 0 bridgehead atoms. The van der Waals surface area contributed by atoms with Crippen molar-refractivity contribution in [1.29, 1.82) is 0 Å². The molecule has 0 aromatic rings. The number of hydrazine groups is 1. The monoisotopic (exact) mass is 270 g/mol. The van der Waals surface area contributed by atoms with E-state index in [4.69, 9.17) is 5.11 Å². The first-order valence-corrected chi connectivity index (χ1v) is 7.02. The molecular formula is C14H26N2O3. The van der Waals surface area contributed by atoms with E-state index in [0.29, 0.717) is 6.42 Å². The normalized spacial score (nSPS) is 11.8. The minimum atomic E-state index is -0.949. The molecule has 1 unspecified atom stereocenters. The fourth-order valence-electron chi connectivity index (χ4n) is 1.77. The smallest absolute Gasteiger partial charge is 0.322 e. The third-order valence-corrected chi connectivity index (χ3v) is 2.95. The van der Waals surface area contributed by atoms with Crippen LogP contribution in [0.3, 0.4) is 0 Å². The molecular weight excluding hydrogens is 244 g/mol. The minimum absolute atomic E-state index is 0.425. The van der Waals surface area contributed by atoms with Gasteiger partial charge in [-0.15, -0.1) is 0 Å². The standard InChI is InChI=1S/C14H26N2O3/c1-3-5-6-7-8-9-10-11-12(14(18)19)15-16-13(17)4-2/h4,12,15H,2-3,5-11H2,1H3,(H,16,17)(H,18,19). The Morgan fingerprint density at radius 3 is 2.26 bits per heavy atom. The molecule has 0 fully saturated rings. The van der Waals surface area contributed by atoms with Gasteiger partial charge in [0.2, 0.25) is 0 Å². The predicted molar refractivity (Wildman–Crippen MR) is 75.5 cm³/mol. The summed E-state index contributed by atoms with van der Waals surface area (Å²) in [5.74, 6) is -1.37. The molecule has 0 aromatic carbocycles. The van der Waals surface area contributed by atoms with Crippen molar-refractivity contribution in [1.82, 2.24) is 10.9 Å². The van der Waals surface area contributed by atoms with Gasteiger partial charge in [0.25, 0.3) is 5.91 Å². The predicted octanol–water partition coefficient (Wildman–Crippen LogP) is 2.39. The average Bonchev–Trinajstić information content (AvgIpc) is 2.40. The summed E-state index contributed by atoms with van der Waals surface area (Å²) in [5, 5.41) is 8.99. The Morgan fingerprint density at radius 1 is 1.16 bits per heavy atom. The lowest BCUT2D eigenvalue weighted by molar-refractivity contribution is -0.140. The number of hydrogen-bond acceptors (Lipinski definition) is 3. The van der Waals surface area contributed by atoms with Gasteiger partial charge < -0.3 is 5.11 Å². The van der Waals surface area contributed by atoms with Crippen molar-refractivity contribution in [2.45, 2.75) is 64.3 Å². The van der Waals surface area contributed by atoms with Gasteiger partial charge in [-0.25, -0.2) is 5.43 Å². The molecule has 0 aliphatic rings. The Labute approximate surface area is 115 Å². The molecule has 0 aliphatic carbocycles. The van der Waals surface area contributed by atoms with Crippen molar-refractivity contribution in [3.05, 3.63) is 12.7 Å². The van der Waals surface area contributed by atoms with E-state index in [0.717, 1.165) is 25.3 Å². The highest BCUT2D eigenvalue weighted by Gasteiger charge is 2.16. The van der Waals surface area contributed by atoms with E-state index in [2.05, 4.69) is 24.4 Å². The number of carbonyl (C=O) groups is 2. The van der Waals surface area contributed by atoms with Gasteiger partial charge in [0, 0.05) is 0 Å². The second kappa shape index (κ2) is 11.7. The van der Waals surface area contributed by atoms with E-state index in [-0.39, 0.29) is 0 Å². The van der Waals surface area contributed by atoms with E-state index in [9.17, 15) is 9.59 Å². The van der Waals surface area contributed by atoms with Crippen molar-refractivity contribution in [3.8, 4) is 0 Å². The van der Waals surface area contributed by atoms with E-state index in [1.165, 1.54) is 25.7 Å². The number of rotatable bonds is 12. The number of carbonyl (C=O) groups excluding carboxylic acids is 1. The van der Waals surface area contributed by atoms with Crippen LogP contribution in [0.5, 0.6) is 0 Å². The Morgan fingerprint density at radius 2 is 1.74 bits per heavy atom. The van der Waals surface area contributed by atoms with E-state index >= 15 is 0 Å². The van der Waals surface area contributed by atoms with E-state index < -0.39 is 17.9 Å². The van der Waals surface area contributed by atoms with Gasteiger partial charge in [-0.3, -0.25) is 15.0 Å². The van der Waals surface area contributed by atoms with Crippen LogP contribution in [0, 0.1) is 0 Å². The van der Waals surface area contributed by atoms with Crippen LogP contribution in [0.1, 0.15) is 58.3 Å². The first kappa shape index (κ1) is 17.6. The molecule has 110 valence electrons. The van der Waals surface area contributed by atoms with Gasteiger partial charge in [0.1, 0.15) is 6.04 Å². The zero-order valence-corrected chi connectivity index (χ0v) is 11.8. The Kier molecular flexibility index (Phi) is 10.9. The third-order valence-electron chi connectivity index (χ3n) is 2.95. The van der Waals surface area contributed by atoms with Gasteiger partial charge in [0.15, 0.2) is 0 Å². The van der Waals surface area contributed by atoms with E-state index in [1.54, 1.807) is 0 Å². The molecule has 0 rings (SSSR count). The SMILES string of the molecule is C=CC(=O)NNC(CCCCCCCCC)C(=O)O. The Balaban J connectivity index is 3.68. The zero-order valence-electron chi connectivity index (χ0n) is 11.8. The maximum atomic E-state index is 11.0. The fourth-order valence-corrected chi connectivity index (χ4v) is 1.77. The summed E-state index contributed by atoms with van der Waals surface area (Å²) in [7, 11) is 0. The number of aliphatic carboxylic acids is 1. The van der Waals surface area contributed by atoms with Crippen LogP contribution in [0.2, 0.25) is 0 Å². The number of amides is 1. The lowest BCUT2D eigenvalue weighted by atomic mass is 10.1. The quantitative estimate of drug-likeness (QED) is 0.289. The topological polar surface area (TPSA) is 78.4 Å². The van der Waals surface area contributed by atoms with Gasteiger partial charge >= 0.3 is 5.97 Å². The maximum Gasteiger partial charge on any atom is 0.322 e. The molecule has 0 radical (unpaired) electrons. The molecule has 5 heteroatoms. The number of nitrogens with one attached hydrogen (secondary N) is 2. The van der Waals surface area contributed by atoms with Crippen molar-refractivity contribution in [2.24, 2.45) is 0 Å². The van der Waals surface area contributed by atoms with Crippen LogP contribution in [-0.2, 0) is 9.59 Å². The molecule has 0 aromatic heterocycles. The molecule has 0 aliphatic heterocycles. The summed E-state index contributed by atoms with van der Waals surface area (Å²) in [4.78, 5) is 21.9. The molecule has 3 N–H and O–H groups in total. The van der Waals surface area contributed by atoms with E-state index in [1.807, 2.05) is 0 Å². The van der Waals surface area contributed by atoms with Crippen LogP contribution in [-0.4, -0.2) is 23.0 Å². The largest absolute Gasteiger partial charge is 0.480 e. The zero-order chi connectivity index (χ0) is 14.5. The minimum Gasteiger partial charge on any atom is -0.480 e. The lowest BCUT2D eigenvalue weighted by Crippen LogP contribution is -2.47. The summed E-state index contributed by atoms with van der Waals surface area (Å²) in [6.07, 6.45) is 9.61. The highest BCUT2D eigenvalue weighted by Crippen LogP contribution is 2.09. The van der Waals surface area contributed by atoms with Gasteiger partial charge in [0.05, 0.1) is 0 Å². The van der Waals surface area contributed by atoms with Crippen LogP contribution < -0.4 is 10.9 Å². The number of hydrogen-bond donors (Lipinski definition) is 3. The van der Waals surface area contributed by atoms with Gasteiger partial charge in [-0.2, -0.15) is 0 Å². The average molecular weight is 270 g/mol. The van der Waals surface area contributed by atoms with Crippen molar-refractivity contribution in [2.75, 3.05) is 0 Å². The molecule has 1 amide bonds. The van der Waals surface area contributed by atoms with Crippen molar-refractivity contribution >= 4 is 11.9 Å². The van der Waals surface area contributed by atoms with Crippen molar-refractivity contribution < 1.29 is 14.7 Å². The molecule has 5 nitrogen and oxygen atoms in total. The second-order valence-electron chi connectivity index (χ2n) is 4.64. The second-order valence-corrected chi connectivity index (χ2v) is 4.64.